The van der Waals surface area contributed by atoms with E-state index in [9.17, 15) is 19.6 Å². The third-order valence-electron chi connectivity index (χ3n) is 8.83. The van der Waals surface area contributed by atoms with Crippen molar-refractivity contribution in [3.8, 4) is 6.07 Å². The van der Waals surface area contributed by atoms with Gasteiger partial charge in [0, 0.05) is 23.2 Å². The molecule has 6 atom stereocenters. The summed E-state index contributed by atoms with van der Waals surface area (Å²) in [4.78, 5) is 49.2. The molecule has 6 rings (SSSR count). The number of rotatable bonds is 3. The molecule has 4 amide bonds. The average Bonchev–Trinajstić information content (AvgIpc) is 3.55. The zero-order valence-electron chi connectivity index (χ0n) is 21.3. The van der Waals surface area contributed by atoms with Gasteiger partial charge in [0.15, 0.2) is 0 Å². The zero-order chi connectivity index (χ0) is 26.0. The molecule has 2 bridgehead atoms. The van der Waals surface area contributed by atoms with E-state index in [0.717, 1.165) is 19.3 Å². The molecule has 2 aromatic rings. The van der Waals surface area contributed by atoms with Gasteiger partial charge in [-0.2, -0.15) is 5.26 Å². The lowest BCUT2D eigenvalue weighted by Crippen LogP contribution is -2.55. The minimum absolute atomic E-state index is 0.130. The number of carbonyl (C=O) groups is 3. The number of ether oxygens (including phenoxy) is 1. The maximum Gasteiger partial charge on any atom is 0.411 e. The highest BCUT2D eigenvalue weighted by Crippen LogP contribution is 2.46. The van der Waals surface area contributed by atoms with Crippen molar-refractivity contribution < 1.29 is 19.1 Å². The molecular weight excluding hydrogens is 470 g/mol. The van der Waals surface area contributed by atoms with Crippen molar-refractivity contribution in [2.75, 3.05) is 11.4 Å². The molecule has 9 heteroatoms. The van der Waals surface area contributed by atoms with Crippen LogP contribution in [-0.4, -0.2) is 57.7 Å². The van der Waals surface area contributed by atoms with Crippen molar-refractivity contribution in [1.82, 2.24) is 14.8 Å². The van der Waals surface area contributed by atoms with Gasteiger partial charge in [-0.15, -0.1) is 0 Å². The number of pyridine rings is 1. The maximum atomic E-state index is 13.7. The van der Waals surface area contributed by atoms with Crippen LogP contribution in [0, 0.1) is 35.0 Å². The molecule has 0 radical (unpaired) electrons. The van der Waals surface area contributed by atoms with E-state index in [1.54, 1.807) is 34.1 Å². The molecule has 4 aliphatic rings. The van der Waals surface area contributed by atoms with E-state index < -0.39 is 18.2 Å². The zero-order valence-corrected chi connectivity index (χ0v) is 21.3. The highest BCUT2D eigenvalue weighted by molar-refractivity contribution is 6.25. The van der Waals surface area contributed by atoms with Gasteiger partial charge < -0.3 is 4.74 Å². The summed E-state index contributed by atoms with van der Waals surface area (Å²) in [6.45, 7) is 6.95. The van der Waals surface area contributed by atoms with Crippen molar-refractivity contribution in [2.24, 2.45) is 23.7 Å². The summed E-state index contributed by atoms with van der Waals surface area (Å²) in [5.74, 6) is 0.822. The molecule has 9 nitrogen and oxygen atoms in total. The number of imide groups is 1. The van der Waals surface area contributed by atoms with Crippen LogP contribution < -0.4 is 4.90 Å². The Morgan fingerprint density at radius 3 is 2.65 bits per heavy atom. The summed E-state index contributed by atoms with van der Waals surface area (Å²) in [7, 11) is 0. The molecule has 2 unspecified atom stereocenters. The first-order valence-corrected chi connectivity index (χ1v) is 13.2. The standard InChI is InChI=1S/C28H31N5O4/c1-15(2)18-9-8-16(3)10-23(18)37-28(36)31-14-17-11-24(31)33-25(17)26(34)32(27(33)35)22-13-30-21(12-29)19-6-4-5-7-20(19)22/h4-7,13,15-18,23-25H,8-11,14H2,1-3H3/t16-,17?,18+,23-,24?,25+/m1/s1. The fourth-order valence-corrected chi connectivity index (χ4v) is 6.97. The Balaban J connectivity index is 1.26. The minimum Gasteiger partial charge on any atom is -0.446 e. The molecule has 3 aliphatic heterocycles. The Morgan fingerprint density at radius 2 is 1.92 bits per heavy atom. The maximum absolute atomic E-state index is 13.7. The van der Waals surface area contributed by atoms with Crippen molar-refractivity contribution in [3.05, 3.63) is 36.2 Å². The number of nitriles is 1. The van der Waals surface area contributed by atoms with E-state index in [1.807, 2.05) is 0 Å². The topological polar surface area (TPSA) is 107 Å². The minimum atomic E-state index is -0.603. The Labute approximate surface area is 216 Å². The lowest BCUT2D eigenvalue weighted by molar-refractivity contribution is -0.121. The highest BCUT2D eigenvalue weighted by atomic mass is 16.6. The van der Waals surface area contributed by atoms with Gasteiger partial charge in [0.2, 0.25) is 0 Å². The first-order chi connectivity index (χ1) is 17.8. The number of hydrogen-bond acceptors (Lipinski definition) is 6. The first kappa shape index (κ1) is 23.7. The molecule has 1 aliphatic carbocycles. The van der Waals surface area contributed by atoms with Crippen molar-refractivity contribution in [3.63, 3.8) is 0 Å². The van der Waals surface area contributed by atoms with Crippen molar-refractivity contribution in [2.45, 2.75) is 64.8 Å². The van der Waals surface area contributed by atoms with Crippen LogP contribution in [0.5, 0.6) is 0 Å². The predicted molar refractivity (Wildman–Crippen MR) is 135 cm³/mol. The smallest absolute Gasteiger partial charge is 0.411 e. The van der Waals surface area contributed by atoms with Crippen LogP contribution in [-0.2, 0) is 9.53 Å². The van der Waals surface area contributed by atoms with Crippen LogP contribution in [0.25, 0.3) is 10.8 Å². The van der Waals surface area contributed by atoms with Crippen LogP contribution >= 0.6 is 0 Å². The number of hydrogen-bond donors (Lipinski definition) is 0. The molecule has 37 heavy (non-hydrogen) atoms. The SMILES string of the molecule is CC(C)[C@@H]1CC[C@@H](C)C[C@H]1OC(=O)N1CC2CC1N1C(=O)N(c3cnc(C#N)c4ccccc34)C(=O)[C@H]21. The van der Waals surface area contributed by atoms with Crippen molar-refractivity contribution in [1.29, 1.82) is 5.26 Å². The van der Waals surface area contributed by atoms with Crippen molar-refractivity contribution >= 4 is 34.5 Å². The Hall–Kier alpha value is -3.67. The summed E-state index contributed by atoms with van der Waals surface area (Å²) in [6, 6.07) is 8.15. The highest BCUT2D eigenvalue weighted by Gasteiger charge is 2.63. The monoisotopic (exact) mass is 501 g/mol. The summed E-state index contributed by atoms with van der Waals surface area (Å²) in [5.41, 5.74) is 0.605. The number of nitrogens with zero attached hydrogens (tertiary/aromatic N) is 5. The van der Waals surface area contributed by atoms with Gasteiger partial charge in [-0.1, -0.05) is 51.5 Å². The van der Waals surface area contributed by atoms with Crippen LogP contribution in [0.15, 0.2) is 30.5 Å². The van der Waals surface area contributed by atoms with Gasteiger partial charge in [-0.25, -0.2) is 19.5 Å². The molecular formula is C28H31N5O4. The number of likely N-dealkylation sites (tertiary alicyclic amines) is 1. The first-order valence-electron chi connectivity index (χ1n) is 13.2. The Morgan fingerprint density at radius 1 is 1.16 bits per heavy atom. The van der Waals surface area contributed by atoms with Gasteiger partial charge >= 0.3 is 12.1 Å². The molecule has 4 heterocycles. The quantitative estimate of drug-likeness (QED) is 0.573. The van der Waals surface area contributed by atoms with Gasteiger partial charge in [-0.05, 0) is 37.0 Å². The lowest BCUT2D eigenvalue weighted by atomic mass is 9.75. The Bertz CT molecular complexity index is 1340. The number of carbonyl (C=O) groups excluding carboxylic acids is 3. The largest absolute Gasteiger partial charge is 0.446 e. The van der Waals surface area contributed by atoms with Gasteiger partial charge in [0.25, 0.3) is 5.91 Å². The lowest BCUT2D eigenvalue weighted by Gasteiger charge is -2.40. The number of aromatic nitrogens is 1. The second-order valence-electron chi connectivity index (χ2n) is 11.3. The van der Waals surface area contributed by atoms with E-state index in [2.05, 4.69) is 31.8 Å². The number of amides is 4. The second-order valence-corrected chi connectivity index (χ2v) is 11.3. The van der Waals surface area contributed by atoms with E-state index in [-0.39, 0.29) is 29.7 Å². The third kappa shape index (κ3) is 3.57. The van der Waals surface area contributed by atoms with E-state index >= 15 is 0 Å². The third-order valence-corrected chi connectivity index (χ3v) is 8.83. The molecule has 1 saturated carbocycles. The molecule has 1 aromatic carbocycles. The van der Waals surface area contributed by atoms with Crippen LogP contribution in [0.3, 0.4) is 0 Å². The average molecular weight is 502 g/mol. The summed E-state index contributed by atoms with van der Waals surface area (Å²) >= 11 is 0. The molecule has 3 saturated heterocycles. The number of benzene rings is 1. The molecule has 192 valence electrons. The Kier molecular flexibility index (Phi) is 5.59. The number of urea groups is 1. The predicted octanol–water partition coefficient (Wildman–Crippen LogP) is 4.50. The van der Waals surface area contributed by atoms with Crippen LogP contribution in [0.1, 0.15) is 52.1 Å². The molecule has 0 N–H and O–H groups in total. The molecule has 4 fully saturated rings. The summed E-state index contributed by atoms with van der Waals surface area (Å²) in [5, 5.41) is 10.7. The summed E-state index contributed by atoms with van der Waals surface area (Å²) in [6.07, 6.45) is 4.02. The van der Waals surface area contributed by atoms with E-state index in [1.165, 1.54) is 11.1 Å². The van der Waals surface area contributed by atoms with Crippen LogP contribution in [0.2, 0.25) is 0 Å². The normalized spacial score (nSPS) is 30.8. The molecule has 1 aromatic heterocycles. The number of fused-ring (bicyclic) bond motifs is 6. The van der Waals surface area contributed by atoms with Gasteiger partial charge in [-0.3, -0.25) is 14.6 Å². The van der Waals surface area contributed by atoms with E-state index in [4.69, 9.17) is 4.74 Å². The fraction of sp³-hybridized carbons (Fsp3) is 0.536. The molecule has 0 spiro atoms. The second kappa shape index (κ2) is 8.72. The fourth-order valence-electron chi connectivity index (χ4n) is 6.97. The van der Waals surface area contributed by atoms with Gasteiger partial charge in [0.05, 0.1) is 11.9 Å². The van der Waals surface area contributed by atoms with Crippen LogP contribution in [0.4, 0.5) is 15.3 Å². The van der Waals surface area contributed by atoms with Gasteiger partial charge in [0.1, 0.15) is 30.1 Å². The summed E-state index contributed by atoms with van der Waals surface area (Å²) < 4.78 is 6.09. The number of anilines is 1. The van der Waals surface area contributed by atoms with E-state index in [0.29, 0.717) is 47.2 Å².